The molecule has 0 radical (unpaired) electrons. The van der Waals surface area contributed by atoms with Crippen LogP contribution in [0.3, 0.4) is 0 Å². The van der Waals surface area contributed by atoms with Crippen LogP contribution in [0.25, 0.3) is 0 Å². The number of carbonyl (C=O) groups excluding carboxylic acids is 1. The normalized spacial score (nSPS) is 11.2. The first-order valence-electron chi connectivity index (χ1n) is 6.99. The highest BCUT2D eigenvalue weighted by Crippen LogP contribution is 2.25. The third-order valence-corrected chi connectivity index (χ3v) is 4.64. The van der Waals surface area contributed by atoms with E-state index in [1.165, 1.54) is 12.1 Å². The quantitative estimate of drug-likeness (QED) is 0.847. The molecule has 2 rings (SSSR count). The topological polar surface area (TPSA) is 98.5 Å². The van der Waals surface area contributed by atoms with E-state index in [0.717, 1.165) is 5.56 Å². The SMILES string of the molecule is Cc1cc(S(N)(=O)=O)cc(NC(=O)COc2ccccc2Cl)c1C. The number of aryl methyl sites for hydroxylation is 1. The van der Waals surface area contributed by atoms with Crippen molar-refractivity contribution in [2.75, 3.05) is 11.9 Å². The molecule has 2 aromatic rings. The highest BCUT2D eigenvalue weighted by atomic mass is 35.5. The Hall–Kier alpha value is -2.09. The van der Waals surface area contributed by atoms with Gasteiger partial charge in [0.2, 0.25) is 10.0 Å². The van der Waals surface area contributed by atoms with E-state index in [9.17, 15) is 13.2 Å². The Bertz CT molecular complexity index is 882. The van der Waals surface area contributed by atoms with Gasteiger partial charge in [0.25, 0.3) is 5.91 Å². The maximum absolute atomic E-state index is 12.1. The van der Waals surface area contributed by atoms with Crippen LogP contribution in [0.15, 0.2) is 41.3 Å². The van der Waals surface area contributed by atoms with E-state index in [1.807, 2.05) is 0 Å². The summed E-state index contributed by atoms with van der Waals surface area (Å²) in [6.07, 6.45) is 0. The predicted octanol–water partition coefficient (Wildman–Crippen LogP) is 2.62. The Kier molecular flexibility index (Phi) is 5.48. The molecule has 0 saturated heterocycles. The number of benzene rings is 2. The van der Waals surface area contributed by atoms with Crippen LogP contribution in [0.4, 0.5) is 5.69 Å². The number of amides is 1. The van der Waals surface area contributed by atoms with Gasteiger partial charge in [-0.25, -0.2) is 13.6 Å². The summed E-state index contributed by atoms with van der Waals surface area (Å²) in [7, 11) is -3.86. The lowest BCUT2D eigenvalue weighted by Gasteiger charge is -2.13. The minimum absolute atomic E-state index is 0.0621. The summed E-state index contributed by atoms with van der Waals surface area (Å²) in [5.74, 6) is -0.0514. The Labute approximate surface area is 145 Å². The number of sulfonamides is 1. The summed E-state index contributed by atoms with van der Waals surface area (Å²) in [5.41, 5.74) is 1.81. The molecule has 0 aliphatic rings. The second-order valence-corrected chi connectivity index (χ2v) is 7.19. The van der Waals surface area contributed by atoms with E-state index in [2.05, 4.69) is 5.32 Å². The molecule has 0 saturated carbocycles. The molecule has 0 aliphatic carbocycles. The van der Waals surface area contributed by atoms with Crippen molar-refractivity contribution in [1.82, 2.24) is 0 Å². The Morgan fingerprint density at radius 3 is 2.54 bits per heavy atom. The van der Waals surface area contributed by atoms with Gasteiger partial charge in [-0.2, -0.15) is 0 Å². The zero-order valence-corrected chi connectivity index (χ0v) is 14.7. The number of para-hydroxylation sites is 1. The van der Waals surface area contributed by atoms with Crippen molar-refractivity contribution in [1.29, 1.82) is 0 Å². The van der Waals surface area contributed by atoms with Gasteiger partial charge < -0.3 is 10.1 Å². The Morgan fingerprint density at radius 2 is 1.92 bits per heavy atom. The van der Waals surface area contributed by atoms with Crippen molar-refractivity contribution in [3.05, 3.63) is 52.5 Å². The molecule has 1 amide bonds. The van der Waals surface area contributed by atoms with Gasteiger partial charge in [0.05, 0.1) is 9.92 Å². The average Bonchev–Trinajstić information content (AvgIpc) is 2.50. The average molecular weight is 369 g/mol. The first-order valence-corrected chi connectivity index (χ1v) is 8.92. The largest absolute Gasteiger partial charge is 0.482 e. The van der Waals surface area contributed by atoms with Crippen molar-refractivity contribution in [2.45, 2.75) is 18.7 Å². The molecule has 0 unspecified atom stereocenters. The van der Waals surface area contributed by atoms with Gasteiger partial charge in [-0.1, -0.05) is 23.7 Å². The van der Waals surface area contributed by atoms with Gasteiger partial charge in [-0.3, -0.25) is 4.79 Å². The molecule has 0 aliphatic heterocycles. The molecule has 0 heterocycles. The van der Waals surface area contributed by atoms with E-state index in [0.29, 0.717) is 22.0 Å². The maximum Gasteiger partial charge on any atom is 0.262 e. The molecule has 8 heteroatoms. The van der Waals surface area contributed by atoms with Crippen molar-refractivity contribution in [3.63, 3.8) is 0 Å². The van der Waals surface area contributed by atoms with Crippen molar-refractivity contribution in [3.8, 4) is 5.75 Å². The van der Waals surface area contributed by atoms with E-state index >= 15 is 0 Å². The van der Waals surface area contributed by atoms with Crippen LogP contribution in [0, 0.1) is 13.8 Å². The number of nitrogens with two attached hydrogens (primary N) is 1. The third kappa shape index (κ3) is 4.47. The third-order valence-electron chi connectivity index (χ3n) is 3.44. The zero-order valence-electron chi connectivity index (χ0n) is 13.2. The van der Waals surface area contributed by atoms with Gasteiger partial charge in [0.15, 0.2) is 6.61 Å². The molecule has 0 spiro atoms. The van der Waals surface area contributed by atoms with Gasteiger partial charge >= 0.3 is 0 Å². The molecule has 0 bridgehead atoms. The molecule has 128 valence electrons. The van der Waals surface area contributed by atoms with Crippen molar-refractivity contribution in [2.24, 2.45) is 5.14 Å². The molecule has 24 heavy (non-hydrogen) atoms. The Morgan fingerprint density at radius 1 is 1.25 bits per heavy atom. The van der Waals surface area contributed by atoms with E-state index < -0.39 is 15.9 Å². The smallest absolute Gasteiger partial charge is 0.262 e. The van der Waals surface area contributed by atoms with Crippen LogP contribution in [-0.4, -0.2) is 20.9 Å². The zero-order chi connectivity index (χ0) is 17.9. The van der Waals surface area contributed by atoms with Crippen LogP contribution in [0.1, 0.15) is 11.1 Å². The van der Waals surface area contributed by atoms with Crippen LogP contribution >= 0.6 is 11.6 Å². The van der Waals surface area contributed by atoms with Crippen molar-refractivity contribution >= 4 is 33.2 Å². The molecule has 3 N–H and O–H groups in total. The minimum atomic E-state index is -3.86. The number of hydrogen-bond acceptors (Lipinski definition) is 4. The lowest BCUT2D eigenvalue weighted by atomic mass is 10.1. The number of anilines is 1. The summed E-state index contributed by atoms with van der Waals surface area (Å²) in [4.78, 5) is 12.0. The number of rotatable bonds is 5. The number of ether oxygens (including phenoxy) is 1. The highest BCUT2D eigenvalue weighted by molar-refractivity contribution is 7.89. The standard InChI is InChI=1S/C16H17ClN2O4S/c1-10-7-12(24(18,21)22)8-14(11(10)2)19-16(20)9-23-15-6-4-3-5-13(15)17/h3-8H,9H2,1-2H3,(H,19,20)(H2,18,21,22). The van der Waals surface area contributed by atoms with Gasteiger partial charge in [0.1, 0.15) is 5.75 Å². The predicted molar refractivity (Wildman–Crippen MR) is 92.9 cm³/mol. The van der Waals surface area contributed by atoms with Crippen LogP contribution in [0.2, 0.25) is 5.02 Å². The van der Waals surface area contributed by atoms with Gasteiger partial charge in [0, 0.05) is 5.69 Å². The number of hydrogen-bond donors (Lipinski definition) is 2. The molecule has 2 aromatic carbocycles. The van der Waals surface area contributed by atoms with E-state index in [-0.39, 0.29) is 11.5 Å². The fourth-order valence-electron chi connectivity index (χ4n) is 2.01. The van der Waals surface area contributed by atoms with Gasteiger partial charge in [-0.05, 0) is 49.2 Å². The molecule has 0 fully saturated rings. The van der Waals surface area contributed by atoms with Crippen molar-refractivity contribution < 1.29 is 17.9 Å². The lowest BCUT2D eigenvalue weighted by Crippen LogP contribution is -2.21. The first kappa shape index (κ1) is 18.3. The van der Waals surface area contributed by atoms with Crippen LogP contribution in [-0.2, 0) is 14.8 Å². The Balaban J connectivity index is 2.14. The molecule has 0 aromatic heterocycles. The monoisotopic (exact) mass is 368 g/mol. The fourth-order valence-corrected chi connectivity index (χ4v) is 2.83. The molecule has 0 atom stereocenters. The second-order valence-electron chi connectivity index (χ2n) is 5.23. The summed E-state index contributed by atoms with van der Waals surface area (Å²) in [5, 5.41) is 8.17. The van der Waals surface area contributed by atoms with Gasteiger partial charge in [-0.15, -0.1) is 0 Å². The highest BCUT2D eigenvalue weighted by Gasteiger charge is 2.14. The summed E-state index contributed by atoms with van der Waals surface area (Å²) in [6.45, 7) is 3.24. The summed E-state index contributed by atoms with van der Waals surface area (Å²) >= 11 is 5.95. The van der Waals surface area contributed by atoms with E-state index in [1.54, 1.807) is 38.1 Å². The minimum Gasteiger partial charge on any atom is -0.482 e. The number of primary sulfonamides is 1. The number of halogens is 1. The second kappa shape index (κ2) is 7.21. The fraction of sp³-hybridized carbons (Fsp3) is 0.188. The molecular formula is C16H17ClN2O4S. The van der Waals surface area contributed by atoms with Crippen LogP contribution in [0.5, 0.6) is 5.75 Å². The summed E-state index contributed by atoms with van der Waals surface area (Å²) < 4.78 is 28.4. The summed E-state index contributed by atoms with van der Waals surface area (Å²) in [6, 6.07) is 9.57. The molecule has 6 nitrogen and oxygen atoms in total. The maximum atomic E-state index is 12.1. The van der Waals surface area contributed by atoms with E-state index in [4.69, 9.17) is 21.5 Å². The number of nitrogens with one attached hydrogen (secondary N) is 1. The number of carbonyl (C=O) groups is 1. The van der Waals surface area contributed by atoms with Crippen LogP contribution < -0.4 is 15.2 Å². The lowest BCUT2D eigenvalue weighted by molar-refractivity contribution is -0.118. The molecular weight excluding hydrogens is 352 g/mol. The first-order chi connectivity index (χ1) is 11.2.